The van der Waals surface area contributed by atoms with E-state index in [1.165, 1.54) is 6.20 Å². The highest BCUT2D eigenvalue weighted by Gasteiger charge is 2.36. The summed E-state index contributed by atoms with van der Waals surface area (Å²) >= 11 is 0. The van der Waals surface area contributed by atoms with Crippen molar-refractivity contribution in [1.82, 2.24) is 15.6 Å². The Morgan fingerprint density at radius 2 is 1.82 bits per heavy atom. The van der Waals surface area contributed by atoms with Crippen LogP contribution in [0.3, 0.4) is 0 Å². The molecule has 2 N–H and O–H groups in total. The number of aromatic nitrogens is 1. The summed E-state index contributed by atoms with van der Waals surface area (Å²) in [4.78, 5) is 68.4. The second-order valence-corrected chi connectivity index (χ2v) is 10.8. The second-order valence-electron chi connectivity index (χ2n) is 10.8. The predicted molar refractivity (Wildman–Crippen MR) is 139 cm³/mol. The number of pyridine rings is 1. The first-order chi connectivity index (χ1) is 17.9. The third-order valence-corrected chi connectivity index (χ3v) is 6.45. The lowest BCUT2D eigenvalue weighted by molar-refractivity contribution is -0.141. The van der Waals surface area contributed by atoms with Gasteiger partial charge in [0.1, 0.15) is 11.6 Å². The van der Waals surface area contributed by atoms with Crippen LogP contribution in [0.15, 0.2) is 48.8 Å². The monoisotopic (exact) mass is 523 g/mol. The Morgan fingerprint density at radius 1 is 1.11 bits per heavy atom. The maximum absolute atomic E-state index is 13.7. The molecule has 0 bridgehead atoms. The van der Waals surface area contributed by atoms with Crippen molar-refractivity contribution in [2.45, 2.75) is 70.9 Å². The average molecular weight is 524 g/mol. The van der Waals surface area contributed by atoms with E-state index in [1.54, 1.807) is 32.9 Å². The molecular formula is C29H34FN3O5. The quantitative estimate of drug-likeness (QED) is 0.344. The van der Waals surface area contributed by atoms with Crippen LogP contribution < -0.4 is 10.6 Å². The van der Waals surface area contributed by atoms with E-state index >= 15 is 0 Å². The molecule has 2 aromatic rings. The molecule has 1 saturated carbocycles. The minimum Gasteiger partial charge on any atom is -0.345 e. The number of amides is 2. The van der Waals surface area contributed by atoms with Crippen LogP contribution in [0.25, 0.3) is 0 Å². The third kappa shape index (κ3) is 8.39. The van der Waals surface area contributed by atoms with Gasteiger partial charge in [-0.05, 0) is 58.1 Å². The number of rotatable bonds is 11. The molecule has 38 heavy (non-hydrogen) atoms. The van der Waals surface area contributed by atoms with Gasteiger partial charge in [0, 0.05) is 42.0 Å². The summed E-state index contributed by atoms with van der Waals surface area (Å²) in [6.07, 6.45) is 3.83. The predicted octanol–water partition coefficient (Wildman–Crippen LogP) is 3.38. The van der Waals surface area contributed by atoms with Gasteiger partial charge in [-0.3, -0.25) is 29.0 Å². The van der Waals surface area contributed by atoms with E-state index in [9.17, 15) is 28.4 Å². The normalized spacial score (nSPS) is 16.9. The summed E-state index contributed by atoms with van der Waals surface area (Å²) < 4.78 is 13.7. The van der Waals surface area contributed by atoms with Crippen LogP contribution in [-0.2, 0) is 25.6 Å². The molecule has 1 heterocycles. The summed E-state index contributed by atoms with van der Waals surface area (Å²) in [6, 6.07) is 8.89. The first-order valence-electron chi connectivity index (χ1n) is 12.8. The van der Waals surface area contributed by atoms with E-state index in [1.807, 2.05) is 18.2 Å². The molecule has 8 nitrogen and oxygen atoms in total. The molecule has 1 aliphatic carbocycles. The highest BCUT2D eigenvalue weighted by atomic mass is 19.1. The van der Waals surface area contributed by atoms with Crippen LogP contribution in [0, 0.1) is 17.7 Å². The van der Waals surface area contributed by atoms with Crippen LogP contribution in [-0.4, -0.2) is 45.7 Å². The molecule has 1 aromatic carbocycles. The van der Waals surface area contributed by atoms with E-state index in [2.05, 4.69) is 15.6 Å². The van der Waals surface area contributed by atoms with E-state index in [0.717, 1.165) is 17.8 Å². The number of Topliss-reactive ketones (excluding diaryl/α,β-unsaturated/α-hetero) is 3. The summed E-state index contributed by atoms with van der Waals surface area (Å²) in [5.41, 5.74) is 0.146. The van der Waals surface area contributed by atoms with Crippen molar-refractivity contribution in [1.29, 1.82) is 0 Å². The third-order valence-electron chi connectivity index (χ3n) is 6.45. The summed E-state index contributed by atoms with van der Waals surface area (Å²) in [5, 5.41) is 5.29. The Balaban J connectivity index is 1.84. The molecule has 0 saturated heterocycles. The van der Waals surface area contributed by atoms with E-state index < -0.39 is 52.6 Å². The Bertz CT molecular complexity index is 1190. The van der Waals surface area contributed by atoms with Crippen molar-refractivity contribution in [3.05, 3.63) is 65.7 Å². The van der Waals surface area contributed by atoms with Gasteiger partial charge >= 0.3 is 0 Å². The number of benzene rings is 1. The lowest BCUT2D eigenvalue weighted by atomic mass is 9.90. The molecule has 202 valence electrons. The molecule has 0 aliphatic heterocycles. The SMILES string of the molecule is CC(C)(C)NC(=O)C(=O)[C@H](C[C@@H]1CCCC1=O)NC(=O)[C@@H](CC(=O)c1cncc(F)c1)Cc1ccccc1. The van der Waals surface area contributed by atoms with Gasteiger partial charge in [0.05, 0.1) is 12.2 Å². The number of ketones is 3. The Labute approximate surface area is 221 Å². The van der Waals surface area contributed by atoms with Crippen molar-refractivity contribution in [2.24, 2.45) is 11.8 Å². The molecule has 0 spiro atoms. The minimum absolute atomic E-state index is 0.00268. The maximum atomic E-state index is 13.7. The zero-order valence-corrected chi connectivity index (χ0v) is 22.0. The van der Waals surface area contributed by atoms with Crippen LogP contribution in [0.1, 0.15) is 68.8 Å². The van der Waals surface area contributed by atoms with Crippen molar-refractivity contribution in [2.75, 3.05) is 0 Å². The molecule has 1 fully saturated rings. The Morgan fingerprint density at radius 3 is 2.42 bits per heavy atom. The summed E-state index contributed by atoms with van der Waals surface area (Å²) in [7, 11) is 0. The Kier molecular flexibility index (Phi) is 9.61. The fraction of sp³-hybridized carbons (Fsp3) is 0.448. The molecule has 0 radical (unpaired) electrons. The first kappa shape index (κ1) is 28.8. The van der Waals surface area contributed by atoms with Crippen LogP contribution >= 0.6 is 0 Å². The lowest BCUT2D eigenvalue weighted by Gasteiger charge is -2.25. The second kappa shape index (κ2) is 12.7. The van der Waals surface area contributed by atoms with Crippen molar-refractivity contribution in [3.63, 3.8) is 0 Å². The van der Waals surface area contributed by atoms with Crippen LogP contribution in [0.4, 0.5) is 4.39 Å². The number of carbonyl (C=O) groups is 5. The standard InChI is InChI=1S/C29H34FN3O5/c1-29(2,3)33-28(38)26(36)23(14-19-10-7-11-24(19)34)32-27(37)20(12-18-8-5-4-6-9-18)15-25(35)21-13-22(30)17-31-16-21/h4-6,8-9,13,16-17,19-20,23H,7,10-12,14-15H2,1-3H3,(H,32,37)(H,33,38)/t19-,20+,23-/m0/s1. The molecule has 3 rings (SSSR count). The van der Waals surface area contributed by atoms with Gasteiger partial charge in [0.25, 0.3) is 5.91 Å². The van der Waals surface area contributed by atoms with Crippen molar-refractivity contribution >= 4 is 29.2 Å². The maximum Gasteiger partial charge on any atom is 0.290 e. The fourth-order valence-electron chi connectivity index (χ4n) is 4.57. The molecule has 0 unspecified atom stereocenters. The number of hydrogen-bond donors (Lipinski definition) is 2. The molecule has 1 aliphatic rings. The van der Waals surface area contributed by atoms with Gasteiger partial charge < -0.3 is 10.6 Å². The zero-order chi connectivity index (χ0) is 27.9. The minimum atomic E-state index is -1.22. The number of halogens is 1. The average Bonchev–Trinajstić information content (AvgIpc) is 3.26. The van der Waals surface area contributed by atoms with E-state index in [0.29, 0.717) is 19.3 Å². The van der Waals surface area contributed by atoms with Crippen molar-refractivity contribution in [3.8, 4) is 0 Å². The topological polar surface area (TPSA) is 122 Å². The van der Waals surface area contributed by atoms with Crippen LogP contribution in [0.2, 0.25) is 0 Å². The van der Waals surface area contributed by atoms with Gasteiger partial charge in [-0.15, -0.1) is 0 Å². The first-order valence-corrected chi connectivity index (χ1v) is 12.8. The smallest absolute Gasteiger partial charge is 0.290 e. The molecule has 9 heteroatoms. The number of carbonyl (C=O) groups excluding carboxylic acids is 5. The van der Waals surface area contributed by atoms with E-state index in [-0.39, 0.29) is 30.6 Å². The molecule has 1 aromatic heterocycles. The largest absolute Gasteiger partial charge is 0.345 e. The summed E-state index contributed by atoms with van der Waals surface area (Å²) in [5.74, 6) is -4.78. The van der Waals surface area contributed by atoms with Gasteiger partial charge in [0.15, 0.2) is 5.78 Å². The molecular weight excluding hydrogens is 489 g/mol. The highest BCUT2D eigenvalue weighted by Crippen LogP contribution is 2.26. The number of hydrogen-bond acceptors (Lipinski definition) is 6. The summed E-state index contributed by atoms with van der Waals surface area (Å²) in [6.45, 7) is 5.19. The number of nitrogens with zero attached hydrogens (tertiary/aromatic N) is 1. The lowest BCUT2D eigenvalue weighted by Crippen LogP contribution is -2.53. The number of nitrogens with one attached hydrogen (secondary N) is 2. The van der Waals surface area contributed by atoms with Gasteiger partial charge in [0.2, 0.25) is 11.7 Å². The molecule has 2 amide bonds. The van der Waals surface area contributed by atoms with E-state index in [4.69, 9.17) is 0 Å². The Hall–Kier alpha value is -3.75. The zero-order valence-electron chi connectivity index (χ0n) is 22.0. The molecule has 3 atom stereocenters. The van der Waals surface area contributed by atoms with Crippen molar-refractivity contribution < 1.29 is 28.4 Å². The van der Waals surface area contributed by atoms with Gasteiger partial charge in [-0.2, -0.15) is 0 Å². The van der Waals surface area contributed by atoms with Gasteiger partial charge in [-0.25, -0.2) is 4.39 Å². The van der Waals surface area contributed by atoms with Gasteiger partial charge in [-0.1, -0.05) is 30.3 Å². The fourth-order valence-corrected chi connectivity index (χ4v) is 4.57. The van der Waals surface area contributed by atoms with Crippen LogP contribution in [0.5, 0.6) is 0 Å². The highest BCUT2D eigenvalue weighted by molar-refractivity contribution is 6.38.